The van der Waals surface area contributed by atoms with Crippen LogP contribution in [0.4, 0.5) is 0 Å². The number of rotatable bonds is 9. The molecule has 1 atom stereocenters. The van der Waals surface area contributed by atoms with Gasteiger partial charge in [0.15, 0.2) is 10.8 Å². The van der Waals surface area contributed by atoms with E-state index in [2.05, 4.69) is 31.1 Å². The summed E-state index contributed by atoms with van der Waals surface area (Å²) in [6, 6.07) is 10.4. The van der Waals surface area contributed by atoms with Gasteiger partial charge >= 0.3 is 5.97 Å². The van der Waals surface area contributed by atoms with Crippen molar-refractivity contribution in [2.45, 2.75) is 45.3 Å². The van der Waals surface area contributed by atoms with Gasteiger partial charge in [-0.15, -0.1) is 11.3 Å². The Labute approximate surface area is 196 Å². The molecule has 3 rings (SSSR count). The number of ether oxygens (including phenoxy) is 1. The van der Waals surface area contributed by atoms with E-state index < -0.39 is 12.0 Å². The van der Waals surface area contributed by atoms with Gasteiger partial charge in [-0.05, 0) is 53.7 Å². The molecule has 2 heterocycles. The Morgan fingerprint density at radius 1 is 1.22 bits per heavy atom. The maximum absolute atomic E-state index is 12.7. The molecule has 0 bridgehead atoms. The second-order valence-electron chi connectivity index (χ2n) is 8.36. The van der Waals surface area contributed by atoms with Gasteiger partial charge in [-0.25, -0.2) is 9.78 Å². The average Bonchev–Trinajstić information content (AvgIpc) is 3.46. The molecule has 170 valence electrons. The van der Waals surface area contributed by atoms with Gasteiger partial charge < -0.3 is 14.5 Å². The van der Waals surface area contributed by atoms with Gasteiger partial charge in [-0.1, -0.05) is 32.9 Å². The number of hydrogen-bond donors (Lipinski definition) is 1. The van der Waals surface area contributed by atoms with Crippen LogP contribution in [0.2, 0.25) is 0 Å². The van der Waals surface area contributed by atoms with Crippen LogP contribution in [0.3, 0.4) is 0 Å². The van der Waals surface area contributed by atoms with Crippen LogP contribution >= 0.6 is 23.1 Å². The van der Waals surface area contributed by atoms with Crippen LogP contribution in [-0.4, -0.2) is 34.9 Å². The number of hydrogen-bond acceptors (Lipinski definition) is 7. The molecule has 1 aromatic carbocycles. The molecule has 3 aromatic rings. The number of furan rings is 1. The fourth-order valence-corrected chi connectivity index (χ4v) is 4.22. The molecule has 8 heteroatoms. The van der Waals surface area contributed by atoms with E-state index in [4.69, 9.17) is 9.15 Å². The number of thiazole rings is 1. The zero-order chi connectivity index (χ0) is 23.1. The lowest BCUT2D eigenvalue weighted by Crippen LogP contribution is -2.42. The lowest BCUT2D eigenvalue weighted by Gasteiger charge is -2.20. The predicted octanol–water partition coefficient (Wildman–Crippen LogP) is 5.30. The molecule has 1 amide bonds. The number of amides is 1. The van der Waals surface area contributed by atoms with Crippen molar-refractivity contribution in [1.82, 2.24) is 10.3 Å². The molecule has 0 fully saturated rings. The minimum Gasteiger partial charge on any atom is -0.462 e. The first-order valence-electron chi connectivity index (χ1n) is 10.3. The summed E-state index contributed by atoms with van der Waals surface area (Å²) in [5.41, 5.74) is 2.31. The maximum atomic E-state index is 12.7. The fraction of sp³-hybridized carbons (Fsp3) is 0.375. The molecule has 0 aliphatic carbocycles. The van der Waals surface area contributed by atoms with Crippen LogP contribution in [0, 0.1) is 0 Å². The molecular formula is C24H28N2O4S2. The predicted molar refractivity (Wildman–Crippen MR) is 129 cm³/mol. The summed E-state index contributed by atoms with van der Waals surface area (Å²) in [7, 11) is 0. The molecule has 2 aromatic heterocycles. The smallest absolute Gasteiger partial charge is 0.329 e. The summed E-state index contributed by atoms with van der Waals surface area (Å²) in [6.07, 6.45) is 4.04. The molecule has 32 heavy (non-hydrogen) atoms. The highest BCUT2D eigenvalue weighted by molar-refractivity contribution is 7.98. The third kappa shape index (κ3) is 6.46. The molecule has 0 radical (unpaired) electrons. The number of thioether (sulfide) groups is 1. The minimum absolute atomic E-state index is 0.00614. The molecule has 0 aliphatic rings. The highest BCUT2D eigenvalue weighted by Gasteiger charge is 2.23. The summed E-state index contributed by atoms with van der Waals surface area (Å²) < 4.78 is 10.8. The first-order valence-corrected chi connectivity index (χ1v) is 12.6. The number of aromatic nitrogens is 1. The Morgan fingerprint density at radius 2 is 1.97 bits per heavy atom. The Bertz CT molecular complexity index is 1020. The second-order valence-corrected chi connectivity index (χ2v) is 10.2. The van der Waals surface area contributed by atoms with Crippen LogP contribution in [0.25, 0.3) is 10.8 Å². The van der Waals surface area contributed by atoms with Gasteiger partial charge in [-0.2, -0.15) is 11.8 Å². The van der Waals surface area contributed by atoms with Crippen LogP contribution < -0.4 is 5.32 Å². The van der Waals surface area contributed by atoms with E-state index in [1.54, 1.807) is 36.2 Å². The minimum atomic E-state index is -0.722. The van der Waals surface area contributed by atoms with Crippen molar-refractivity contribution in [3.8, 4) is 10.8 Å². The molecular weight excluding hydrogens is 444 g/mol. The Kier molecular flexibility index (Phi) is 8.15. The van der Waals surface area contributed by atoms with Crippen LogP contribution in [0.1, 0.15) is 48.8 Å². The summed E-state index contributed by atoms with van der Waals surface area (Å²) >= 11 is 3.03. The Morgan fingerprint density at radius 3 is 2.59 bits per heavy atom. The van der Waals surface area contributed by atoms with Crippen LogP contribution in [0.15, 0.2) is 52.5 Å². The van der Waals surface area contributed by atoms with Crippen molar-refractivity contribution >= 4 is 35.0 Å². The molecule has 1 N–H and O–H groups in total. The first-order chi connectivity index (χ1) is 15.3. The van der Waals surface area contributed by atoms with Crippen molar-refractivity contribution in [2.24, 2.45) is 0 Å². The highest BCUT2D eigenvalue weighted by atomic mass is 32.2. The van der Waals surface area contributed by atoms with Crippen molar-refractivity contribution in [3.05, 3.63) is 64.9 Å². The SMILES string of the molecule is CSCCC(NC(=O)c1ccc(C(C)(C)C)cc1)C(=O)OCc1csc(-c2ccco2)n1. The molecule has 1 unspecified atom stereocenters. The lowest BCUT2D eigenvalue weighted by atomic mass is 9.86. The van der Waals surface area contributed by atoms with Gasteiger partial charge in [0.25, 0.3) is 5.91 Å². The summed E-state index contributed by atoms with van der Waals surface area (Å²) in [5, 5.41) is 5.39. The summed E-state index contributed by atoms with van der Waals surface area (Å²) in [5.74, 6) is 0.645. The standard InChI is InChI=1S/C24H28N2O4S2/c1-24(2,3)17-9-7-16(8-10-17)21(27)26-19(11-13-31-4)23(28)30-14-18-15-32-22(25-18)20-6-5-12-29-20/h5-10,12,15,19H,11,13-14H2,1-4H3,(H,26,27). The maximum Gasteiger partial charge on any atom is 0.329 e. The highest BCUT2D eigenvalue weighted by Crippen LogP contribution is 2.24. The zero-order valence-corrected chi connectivity index (χ0v) is 20.3. The van der Waals surface area contributed by atoms with Crippen molar-refractivity contribution < 1.29 is 18.7 Å². The van der Waals surface area contributed by atoms with Crippen LogP contribution in [0.5, 0.6) is 0 Å². The first kappa shape index (κ1) is 24.1. The zero-order valence-electron chi connectivity index (χ0n) is 18.7. The fourth-order valence-electron chi connectivity index (χ4n) is 2.98. The molecule has 0 saturated heterocycles. The Hall–Kier alpha value is -2.58. The second kappa shape index (κ2) is 10.8. The number of benzene rings is 1. The van der Waals surface area contributed by atoms with E-state index in [1.807, 2.05) is 29.8 Å². The number of nitrogens with one attached hydrogen (secondary N) is 1. The number of carbonyl (C=O) groups is 2. The van der Waals surface area contributed by atoms with Gasteiger partial charge in [0.2, 0.25) is 0 Å². The Balaban J connectivity index is 1.61. The van der Waals surface area contributed by atoms with Crippen molar-refractivity contribution in [1.29, 1.82) is 0 Å². The van der Waals surface area contributed by atoms with E-state index in [-0.39, 0.29) is 17.9 Å². The van der Waals surface area contributed by atoms with E-state index in [1.165, 1.54) is 11.3 Å². The third-order valence-corrected chi connectivity index (χ3v) is 6.41. The number of esters is 1. The van der Waals surface area contributed by atoms with E-state index in [9.17, 15) is 9.59 Å². The van der Waals surface area contributed by atoms with Crippen LogP contribution in [-0.2, 0) is 21.6 Å². The normalized spacial score (nSPS) is 12.4. The number of nitrogens with zero attached hydrogens (tertiary/aromatic N) is 1. The van der Waals surface area contributed by atoms with Crippen molar-refractivity contribution in [2.75, 3.05) is 12.0 Å². The van der Waals surface area contributed by atoms with Gasteiger partial charge in [0.1, 0.15) is 12.6 Å². The summed E-state index contributed by atoms with van der Waals surface area (Å²) in [4.78, 5) is 29.9. The van der Waals surface area contributed by atoms with E-state index >= 15 is 0 Å². The monoisotopic (exact) mass is 472 g/mol. The molecule has 6 nitrogen and oxygen atoms in total. The van der Waals surface area contributed by atoms with Gasteiger partial charge in [0.05, 0.1) is 12.0 Å². The quantitative estimate of drug-likeness (QED) is 0.426. The lowest BCUT2D eigenvalue weighted by molar-refractivity contribution is -0.147. The largest absolute Gasteiger partial charge is 0.462 e. The van der Waals surface area contributed by atoms with Crippen molar-refractivity contribution in [3.63, 3.8) is 0 Å². The van der Waals surface area contributed by atoms with Gasteiger partial charge in [-0.3, -0.25) is 4.79 Å². The third-order valence-electron chi connectivity index (χ3n) is 4.86. The van der Waals surface area contributed by atoms with E-state index in [0.29, 0.717) is 23.4 Å². The molecule has 0 saturated carbocycles. The average molecular weight is 473 g/mol. The van der Waals surface area contributed by atoms with Gasteiger partial charge in [0, 0.05) is 10.9 Å². The number of carbonyl (C=O) groups excluding carboxylic acids is 2. The topological polar surface area (TPSA) is 81.4 Å². The summed E-state index contributed by atoms with van der Waals surface area (Å²) in [6.45, 7) is 6.41. The van der Waals surface area contributed by atoms with E-state index in [0.717, 1.165) is 16.3 Å². The molecule has 0 aliphatic heterocycles. The molecule has 0 spiro atoms.